The van der Waals surface area contributed by atoms with Gasteiger partial charge in [-0.25, -0.2) is 9.78 Å². The van der Waals surface area contributed by atoms with Crippen LogP contribution in [0.1, 0.15) is 23.3 Å². The van der Waals surface area contributed by atoms with E-state index in [1.54, 1.807) is 17.6 Å². The van der Waals surface area contributed by atoms with E-state index in [0.717, 1.165) is 18.4 Å². The first-order chi connectivity index (χ1) is 12.1. The number of esters is 1. The Labute approximate surface area is 160 Å². The van der Waals surface area contributed by atoms with Crippen molar-refractivity contribution in [1.82, 2.24) is 9.97 Å². The van der Waals surface area contributed by atoms with Crippen LogP contribution in [0.2, 0.25) is 0 Å². The van der Waals surface area contributed by atoms with Crippen molar-refractivity contribution in [3.8, 4) is 11.3 Å². The van der Waals surface area contributed by atoms with E-state index in [9.17, 15) is 9.59 Å². The van der Waals surface area contributed by atoms with Gasteiger partial charge in [-0.05, 0) is 24.8 Å². The minimum atomic E-state index is -0.575. The van der Waals surface area contributed by atoms with Crippen molar-refractivity contribution in [2.75, 3.05) is 25.6 Å². The Hall–Kier alpha value is -1.94. The molecule has 0 radical (unpaired) electrons. The van der Waals surface area contributed by atoms with Crippen molar-refractivity contribution < 1.29 is 19.1 Å². The molecule has 2 aromatic heterocycles. The summed E-state index contributed by atoms with van der Waals surface area (Å²) in [5, 5.41) is 5.05. The lowest BCUT2D eigenvalue weighted by molar-refractivity contribution is -0.119. The van der Waals surface area contributed by atoms with Gasteiger partial charge >= 0.3 is 5.97 Å². The second-order valence-electron chi connectivity index (χ2n) is 5.80. The quantitative estimate of drug-likeness (QED) is 0.660. The van der Waals surface area contributed by atoms with Crippen LogP contribution >= 0.6 is 23.7 Å². The number of anilines is 1. The van der Waals surface area contributed by atoms with Crippen LogP contribution in [0.25, 0.3) is 11.3 Å². The van der Waals surface area contributed by atoms with E-state index >= 15 is 0 Å². The van der Waals surface area contributed by atoms with Gasteiger partial charge in [0.05, 0.1) is 18.8 Å². The van der Waals surface area contributed by atoms with Crippen LogP contribution in [-0.4, -0.2) is 48.2 Å². The third kappa shape index (κ3) is 4.61. The highest BCUT2D eigenvalue weighted by atomic mass is 35.5. The molecule has 3 heterocycles. The molecule has 142 valence electrons. The first-order valence-corrected chi connectivity index (χ1v) is 8.83. The molecule has 1 unspecified atom stereocenters. The van der Waals surface area contributed by atoms with Gasteiger partial charge < -0.3 is 25.5 Å². The van der Waals surface area contributed by atoms with Crippen molar-refractivity contribution in [3.63, 3.8) is 0 Å². The number of thiazole rings is 1. The molecule has 2 aromatic rings. The Kier molecular flexibility index (Phi) is 7.15. The van der Waals surface area contributed by atoms with Crippen LogP contribution in [0.4, 0.5) is 5.13 Å². The number of rotatable bonds is 5. The highest BCUT2D eigenvalue weighted by Crippen LogP contribution is 2.26. The number of nitrogens with two attached hydrogens (primary N) is 1. The Bertz CT molecular complexity index is 757. The molecule has 1 atom stereocenters. The lowest BCUT2D eigenvalue weighted by Crippen LogP contribution is -2.43. The molecule has 4 N–H and O–H groups in total. The van der Waals surface area contributed by atoms with E-state index < -0.39 is 12.0 Å². The number of hydrogen-bond donors (Lipinski definition) is 3. The average molecular weight is 401 g/mol. The number of H-pyrrole nitrogens is 1. The summed E-state index contributed by atoms with van der Waals surface area (Å²) in [6.45, 7) is 1.28. The predicted molar refractivity (Wildman–Crippen MR) is 101 cm³/mol. The summed E-state index contributed by atoms with van der Waals surface area (Å²) in [6, 6.07) is 1.08. The number of amides is 1. The van der Waals surface area contributed by atoms with Crippen LogP contribution in [0, 0.1) is 5.92 Å². The second kappa shape index (κ2) is 9.13. The number of carbonyl (C=O) groups excluding carboxylic acids is 2. The number of ether oxygens (including phenoxy) is 2. The summed E-state index contributed by atoms with van der Waals surface area (Å²) < 4.78 is 9.95. The van der Waals surface area contributed by atoms with Crippen LogP contribution in [0.5, 0.6) is 0 Å². The number of aromatic amines is 1. The zero-order valence-corrected chi connectivity index (χ0v) is 15.8. The molecule has 0 spiro atoms. The molecule has 1 amide bonds. The van der Waals surface area contributed by atoms with Gasteiger partial charge in [0, 0.05) is 30.4 Å². The maximum Gasteiger partial charge on any atom is 0.354 e. The molecule has 8 nitrogen and oxygen atoms in total. The van der Waals surface area contributed by atoms with Crippen molar-refractivity contribution in [1.29, 1.82) is 0 Å². The van der Waals surface area contributed by atoms with Gasteiger partial charge in [-0.2, -0.15) is 0 Å². The van der Waals surface area contributed by atoms with Crippen LogP contribution in [-0.2, 0) is 14.3 Å². The fourth-order valence-electron chi connectivity index (χ4n) is 2.71. The third-order valence-corrected chi connectivity index (χ3v) is 4.95. The maximum absolute atomic E-state index is 12.3. The fourth-order valence-corrected chi connectivity index (χ4v) is 3.43. The minimum Gasteiger partial charge on any atom is -0.464 e. The van der Waals surface area contributed by atoms with Crippen molar-refractivity contribution in [3.05, 3.63) is 23.3 Å². The van der Waals surface area contributed by atoms with Crippen molar-refractivity contribution in [2.24, 2.45) is 11.7 Å². The molecule has 10 heteroatoms. The van der Waals surface area contributed by atoms with E-state index in [0.29, 0.717) is 29.7 Å². The summed E-state index contributed by atoms with van der Waals surface area (Å²) in [7, 11) is 1.32. The third-order valence-electron chi connectivity index (χ3n) is 4.19. The zero-order valence-electron chi connectivity index (χ0n) is 14.2. The Morgan fingerprint density at radius 3 is 2.88 bits per heavy atom. The zero-order chi connectivity index (χ0) is 17.8. The van der Waals surface area contributed by atoms with E-state index in [1.165, 1.54) is 18.4 Å². The van der Waals surface area contributed by atoms with Gasteiger partial charge in [0.2, 0.25) is 5.91 Å². The number of hydrogen-bond acceptors (Lipinski definition) is 7. The molecule has 1 aliphatic heterocycles. The minimum absolute atomic E-state index is 0. The van der Waals surface area contributed by atoms with Crippen LogP contribution in [0.15, 0.2) is 17.6 Å². The standard InChI is InChI=1S/C16H20N4O4S.ClH/c1-23-15(22)11-6-10(7-18-11)12-8-25-16(19-12)20-14(21)13(17)9-2-4-24-5-3-9;/h6-9,13,18H,2-5,17H2,1H3,(H,19,20,21);1H. The van der Waals surface area contributed by atoms with E-state index in [-0.39, 0.29) is 24.2 Å². The number of carbonyl (C=O) groups is 2. The smallest absolute Gasteiger partial charge is 0.354 e. The summed E-state index contributed by atoms with van der Waals surface area (Å²) in [5.74, 6) is -0.560. The molecule has 0 saturated carbocycles. The average Bonchev–Trinajstić information content (AvgIpc) is 3.30. The molecule has 0 aliphatic carbocycles. The highest BCUT2D eigenvalue weighted by Gasteiger charge is 2.27. The van der Waals surface area contributed by atoms with Gasteiger partial charge in [-0.3, -0.25) is 4.79 Å². The maximum atomic E-state index is 12.3. The summed E-state index contributed by atoms with van der Waals surface area (Å²) in [5.41, 5.74) is 7.81. The van der Waals surface area contributed by atoms with Gasteiger partial charge in [-0.1, -0.05) is 0 Å². The monoisotopic (exact) mass is 400 g/mol. The summed E-state index contributed by atoms with van der Waals surface area (Å²) in [6.07, 6.45) is 3.25. The van der Waals surface area contributed by atoms with E-state index in [1.807, 2.05) is 0 Å². The molecule has 3 rings (SSSR count). The molecular formula is C16H21ClN4O4S. The molecule has 1 fully saturated rings. The fraction of sp³-hybridized carbons (Fsp3) is 0.438. The molecule has 0 bridgehead atoms. The van der Waals surface area contributed by atoms with Crippen LogP contribution in [0.3, 0.4) is 0 Å². The van der Waals surface area contributed by atoms with E-state index in [4.69, 9.17) is 10.5 Å². The molecular weight excluding hydrogens is 380 g/mol. The second-order valence-corrected chi connectivity index (χ2v) is 6.65. The lowest BCUT2D eigenvalue weighted by Gasteiger charge is -2.26. The van der Waals surface area contributed by atoms with Gasteiger partial charge in [-0.15, -0.1) is 23.7 Å². The van der Waals surface area contributed by atoms with Crippen molar-refractivity contribution in [2.45, 2.75) is 18.9 Å². The number of nitrogens with one attached hydrogen (secondary N) is 2. The normalized spacial score (nSPS) is 15.8. The number of aromatic nitrogens is 2. The molecule has 1 saturated heterocycles. The lowest BCUT2D eigenvalue weighted by atomic mass is 9.92. The largest absolute Gasteiger partial charge is 0.464 e. The van der Waals surface area contributed by atoms with E-state index in [2.05, 4.69) is 20.0 Å². The van der Waals surface area contributed by atoms with Crippen molar-refractivity contribution >= 4 is 40.8 Å². The summed E-state index contributed by atoms with van der Waals surface area (Å²) >= 11 is 1.31. The molecule has 1 aliphatic rings. The first kappa shape index (κ1) is 20.4. The Balaban J connectivity index is 0.00000243. The first-order valence-electron chi connectivity index (χ1n) is 7.95. The summed E-state index contributed by atoms with van der Waals surface area (Å²) in [4.78, 5) is 31.0. The highest BCUT2D eigenvalue weighted by molar-refractivity contribution is 7.14. The van der Waals surface area contributed by atoms with Gasteiger partial charge in [0.1, 0.15) is 5.69 Å². The number of halogens is 1. The van der Waals surface area contributed by atoms with Crippen LogP contribution < -0.4 is 11.1 Å². The SMILES string of the molecule is COC(=O)c1cc(-c2csc(NC(=O)C(N)C3CCOCC3)n2)c[nH]1.Cl. The Morgan fingerprint density at radius 1 is 1.46 bits per heavy atom. The molecule has 0 aromatic carbocycles. The topological polar surface area (TPSA) is 119 Å². The number of methoxy groups -OCH3 is 1. The predicted octanol–water partition coefficient (Wildman–Crippen LogP) is 2.04. The van der Waals surface area contributed by atoms with Gasteiger partial charge in [0.25, 0.3) is 0 Å². The van der Waals surface area contributed by atoms with Gasteiger partial charge in [0.15, 0.2) is 5.13 Å². The molecule has 26 heavy (non-hydrogen) atoms. The Morgan fingerprint density at radius 2 is 2.19 bits per heavy atom. The number of nitrogens with zero attached hydrogens (tertiary/aromatic N) is 1.